The second-order valence-corrected chi connectivity index (χ2v) is 7.47. The van der Waals surface area contributed by atoms with Crippen molar-refractivity contribution >= 4 is 10.8 Å². The van der Waals surface area contributed by atoms with Gasteiger partial charge in [0.2, 0.25) is 0 Å². The number of nitrogens with one attached hydrogen (secondary N) is 2. The average Bonchev–Trinajstić information content (AvgIpc) is 2.74. The molecule has 4 heteroatoms. The number of hydrogen-bond acceptors (Lipinski definition) is 3. The Morgan fingerprint density at radius 3 is 2.61 bits per heavy atom. The van der Waals surface area contributed by atoms with Crippen molar-refractivity contribution in [2.45, 2.75) is 26.0 Å². The minimum absolute atomic E-state index is 0.228. The van der Waals surface area contributed by atoms with E-state index in [0.29, 0.717) is 5.56 Å². The molecule has 1 aliphatic rings. The van der Waals surface area contributed by atoms with Gasteiger partial charge in [0.15, 0.2) is 0 Å². The lowest BCUT2D eigenvalue weighted by molar-refractivity contribution is 0.295. The maximum absolute atomic E-state index is 14.0. The summed E-state index contributed by atoms with van der Waals surface area (Å²) in [6, 6.07) is 19.2. The van der Waals surface area contributed by atoms with Crippen LogP contribution in [-0.2, 0) is 13.2 Å². The maximum atomic E-state index is 14.0. The molecule has 3 aromatic rings. The third-order valence-corrected chi connectivity index (χ3v) is 5.53. The predicted octanol–water partition coefficient (Wildman–Crippen LogP) is 4.65. The van der Waals surface area contributed by atoms with Crippen molar-refractivity contribution in [3.8, 4) is 5.75 Å². The van der Waals surface area contributed by atoms with Crippen LogP contribution in [0.1, 0.15) is 24.0 Å². The summed E-state index contributed by atoms with van der Waals surface area (Å²) >= 11 is 0. The van der Waals surface area contributed by atoms with Crippen LogP contribution in [0.15, 0.2) is 60.7 Å². The molecule has 3 nitrogen and oxygen atoms in total. The zero-order valence-corrected chi connectivity index (χ0v) is 16.1. The highest BCUT2D eigenvalue weighted by molar-refractivity contribution is 5.87. The first-order valence-corrected chi connectivity index (χ1v) is 10.1. The quantitative estimate of drug-likeness (QED) is 0.628. The van der Waals surface area contributed by atoms with E-state index in [1.807, 2.05) is 12.1 Å². The van der Waals surface area contributed by atoms with Crippen molar-refractivity contribution in [2.75, 3.05) is 19.6 Å². The lowest BCUT2D eigenvalue weighted by Gasteiger charge is -2.23. The van der Waals surface area contributed by atoms with Gasteiger partial charge in [0, 0.05) is 17.7 Å². The number of fused-ring (bicyclic) bond motifs is 1. The van der Waals surface area contributed by atoms with Crippen LogP contribution >= 0.6 is 0 Å². The van der Waals surface area contributed by atoms with Crippen molar-refractivity contribution < 1.29 is 9.13 Å². The highest BCUT2D eigenvalue weighted by atomic mass is 19.1. The van der Waals surface area contributed by atoms with Crippen LogP contribution in [0.25, 0.3) is 10.8 Å². The summed E-state index contributed by atoms with van der Waals surface area (Å²) in [7, 11) is 0. The van der Waals surface area contributed by atoms with Gasteiger partial charge in [-0.3, -0.25) is 0 Å². The summed E-state index contributed by atoms with van der Waals surface area (Å²) in [4.78, 5) is 0. The maximum Gasteiger partial charge on any atom is 0.129 e. The van der Waals surface area contributed by atoms with E-state index in [2.05, 4.69) is 41.0 Å². The molecule has 1 aliphatic heterocycles. The number of piperidine rings is 1. The zero-order chi connectivity index (χ0) is 19.2. The Labute approximate surface area is 165 Å². The minimum Gasteiger partial charge on any atom is -0.488 e. The third-order valence-electron chi connectivity index (χ3n) is 5.53. The van der Waals surface area contributed by atoms with E-state index in [0.717, 1.165) is 43.4 Å². The molecule has 0 amide bonds. The van der Waals surface area contributed by atoms with Crippen molar-refractivity contribution in [1.82, 2.24) is 10.6 Å². The standard InChI is InChI=1S/C24H27FN2O/c25-23-8-4-2-6-20(23)17-28-24-10-9-19-5-1-3-7-21(19)22(24)16-27-15-18-11-13-26-14-12-18/h1-10,18,26-27H,11-17H2. The monoisotopic (exact) mass is 378 g/mol. The van der Waals surface area contributed by atoms with Gasteiger partial charge in [0.25, 0.3) is 0 Å². The summed E-state index contributed by atoms with van der Waals surface area (Å²) in [5, 5.41) is 9.43. The van der Waals surface area contributed by atoms with Crippen LogP contribution in [-0.4, -0.2) is 19.6 Å². The van der Waals surface area contributed by atoms with Crippen LogP contribution in [0.3, 0.4) is 0 Å². The van der Waals surface area contributed by atoms with Gasteiger partial charge in [-0.2, -0.15) is 0 Å². The molecule has 146 valence electrons. The SMILES string of the molecule is Fc1ccccc1COc1ccc2ccccc2c1CNCC1CCNCC1. The third kappa shape index (κ3) is 4.51. The average molecular weight is 378 g/mol. The van der Waals surface area contributed by atoms with Gasteiger partial charge in [0.1, 0.15) is 18.2 Å². The number of rotatable bonds is 7. The van der Waals surface area contributed by atoms with Crippen molar-refractivity contribution in [1.29, 1.82) is 0 Å². The summed E-state index contributed by atoms with van der Waals surface area (Å²) in [5.74, 6) is 1.31. The summed E-state index contributed by atoms with van der Waals surface area (Å²) in [5.41, 5.74) is 1.72. The van der Waals surface area contributed by atoms with Crippen LogP contribution < -0.4 is 15.4 Å². The fourth-order valence-electron chi connectivity index (χ4n) is 3.89. The molecule has 0 unspecified atom stereocenters. The molecule has 1 heterocycles. The Bertz CT molecular complexity index is 921. The molecule has 0 radical (unpaired) electrons. The van der Waals surface area contributed by atoms with Crippen molar-refractivity contribution in [3.63, 3.8) is 0 Å². The van der Waals surface area contributed by atoms with E-state index in [4.69, 9.17) is 4.74 Å². The normalized spacial score (nSPS) is 15.0. The highest BCUT2D eigenvalue weighted by Crippen LogP contribution is 2.29. The minimum atomic E-state index is -0.228. The lowest BCUT2D eigenvalue weighted by Crippen LogP contribution is -2.33. The van der Waals surface area contributed by atoms with Gasteiger partial charge in [-0.15, -0.1) is 0 Å². The fraction of sp³-hybridized carbons (Fsp3) is 0.333. The van der Waals surface area contributed by atoms with Crippen LogP contribution in [0.2, 0.25) is 0 Å². The smallest absolute Gasteiger partial charge is 0.129 e. The second-order valence-electron chi connectivity index (χ2n) is 7.47. The van der Waals surface area contributed by atoms with Crippen molar-refractivity contribution in [3.05, 3.63) is 77.6 Å². The molecule has 28 heavy (non-hydrogen) atoms. The highest BCUT2D eigenvalue weighted by Gasteiger charge is 2.14. The molecule has 0 atom stereocenters. The zero-order valence-electron chi connectivity index (χ0n) is 16.1. The second kappa shape index (κ2) is 9.18. The molecule has 0 spiro atoms. The van der Waals surface area contributed by atoms with E-state index >= 15 is 0 Å². The van der Waals surface area contributed by atoms with Crippen molar-refractivity contribution in [2.24, 2.45) is 5.92 Å². The molecule has 1 fully saturated rings. The summed E-state index contributed by atoms with van der Waals surface area (Å²) in [6.45, 7) is 4.21. The Morgan fingerprint density at radius 2 is 1.75 bits per heavy atom. The van der Waals surface area contributed by atoms with Gasteiger partial charge < -0.3 is 15.4 Å². The van der Waals surface area contributed by atoms with E-state index in [1.165, 1.54) is 29.7 Å². The molecule has 1 saturated heterocycles. The van der Waals surface area contributed by atoms with Gasteiger partial charge in [-0.05, 0) is 61.3 Å². The van der Waals surface area contributed by atoms with Gasteiger partial charge >= 0.3 is 0 Å². The largest absolute Gasteiger partial charge is 0.488 e. The molecule has 2 N–H and O–H groups in total. The van der Waals surface area contributed by atoms with E-state index in [-0.39, 0.29) is 12.4 Å². The predicted molar refractivity (Wildman–Crippen MR) is 112 cm³/mol. The van der Waals surface area contributed by atoms with E-state index < -0.39 is 0 Å². The molecule has 0 aromatic heterocycles. The molecule has 0 saturated carbocycles. The van der Waals surface area contributed by atoms with Crippen LogP contribution in [0, 0.1) is 11.7 Å². The first-order chi connectivity index (χ1) is 13.8. The number of benzene rings is 3. The topological polar surface area (TPSA) is 33.3 Å². The molecule has 0 bridgehead atoms. The van der Waals surface area contributed by atoms with E-state index in [9.17, 15) is 4.39 Å². The van der Waals surface area contributed by atoms with Gasteiger partial charge in [-0.25, -0.2) is 4.39 Å². The summed E-state index contributed by atoms with van der Waals surface area (Å²) < 4.78 is 20.0. The van der Waals surface area contributed by atoms with Gasteiger partial charge in [0.05, 0.1) is 0 Å². The molecule has 3 aromatic carbocycles. The number of halogens is 1. The first kappa shape index (κ1) is 18.9. The Kier molecular flexibility index (Phi) is 6.20. The molecule has 0 aliphatic carbocycles. The van der Waals surface area contributed by atoms with E-state index in [1.54, 1.807) is 12.1 Å². The van der Waals surface area contributed by atoms with Crippen LogP contribution in [0.4, 0.5) is 4.39 Å². The molecular weight excluding hydrogens is 351 g/mol. The van der Waals surface area contributed by atoms with Crippen LogP contribution in [0.5, 0.6) is 5.75 Å². The fourth-order valence-corrected chi connectivity index (χ4v) is 3.89. The van der Waals surface area contributed by atoms with Gasteiger partial charge in [-0.1, -0.05) is 48.5 Å². The Morgan fingerprint density at radius 1 is 0.964 bits per heavy atom. The number of ether oxygens (including phenoxy) is 1. The Balaban J connectivity index is 1.51. The summed E-state index contributed by atoms with van der Waals surface area (Å²) in [6.07, 6.45) is 2.44. The Hall–Kier alpha value is -2.43. The first-order valence-electron chi connectivity index (χ1n) is 10.1. The molecule has 4 rings (SSSR count). The lowest BCUT2D eigenvalue weighted by atomic mass is 9.98. The molecular formula is C24H27FN2O. The number of hydrogen-bond donors (Lipinski definition) is 2.